The molecule has 0 saturated carbocycles. The fourth-order valence-electron chi connectivity index (χ4n) is 3.64. The number of rotatable bonds is 5. The quantitative estimate of drug-likeness (QED) is 0.787. The van der Waals surface area contributed by atoms with E-state index < -0.39 is 10.0 Å². The van der Waals surface area contributed by atoms with Crippen LogP contribution in [0.15, 0.2) is 23.1 Å². The Bertz CT molecular complexity index is 755. The van der Waals surface area contributed by atoms with Gasteiger partial charge in [0.25, 0.3) is 0 Å². The number of carbonyl (C=O) groups is 1. The first-order chi connectivity index (χ1) is 12.4. The van der Waals surface area contributed by atoms with E-state index in [1.807, 2.05) is 6.07 Å². The molecule has 6 nitrogen and oxygen atoms in total. The summed E-state index contributed by atoms with van der Waals surface area (Å²) >= 11 is 0. The second-order valence-corrected chi connectivity index (χ2v) is 9.41. The molecule has 2 aliphatic heterocycles. The molecule has 1 fully saturated rings. The number of amides is 1. The van der Waals surface area contributed by atoms with Gasteiger partial charge in [-0.15, -0.1) is 0 Å². The highest BCUT2D eigenvalue weighted by molar-refractivity contribution is 7.89. The lowest BCUT2D eigenvalue weighted by molar-refractivity contribution is -0.119. The van der Waals surface area contributed by atoms with Gasteiger partial charge in [-0.3, -0.25) is 4.79 Å². The molecule has 0 aromatic heterocycles. The summed E-state index contributed by atoms with van der Waals surface area (Å²) in [6, 6.07) is 5.13. The van der Waals surface area contributed by atoms with E-state index in [0.717, 1.165) is 56.4 Å². The van der Waals surface area contributed by atoms with E-state index in [2.05, 4.69) is 0 Å². The van der Waals surface area contributed by atoms with Crippen LogP contribution < -0.4 is 4.90 Å². The van der Waals surface area contributed by atoms with Crippen LogP contribution in [-0.2, 0) is 26.0 Å². The molecule has 1 amide bonds. The molecule has 1 aromatic carbocycles. The minimum absolute atomic E-state index is 0.0551. The number of fused-ring (bicyclic) bond motifs is 1. The summed E-state index contributed by atoms with van der Waals surface area (Å²) in [6.07, 6.45) is 6.41. The first-order valence-corrected chi connectivity index (χ1v) is 10.8. The summed E-state index contributed by atoms with van der Waals surface area (Å²) in [5.41, 5.74) is 1.78. The van der Waals surface area contributed by atoms with Crippen LogP contribution in [0, 0.1) is 0 Å². The van der Waals surface area contributed by atoms with Crippen LogP contribution in [0.3, 0.4) is 0 Å². The highest BCUT2D eigenvalue weighted by Crippen LogP contribution is 2.31. The molecule has 0 N–H and O–H groups in total. The Labute approximate surface area is 156 Å². The van der Waals surface area contributed by atoms with Gasteiger partial charge in [0, 0.05) is 39.4 Å². The third-order valence-corrected chi connectivity index (χ3v) is 7.02. The van der Waals surface area contributed by atoms with E-state index in [1.54, 1.807) is 17.0 Å². The first kappa shape index (κ1) is 19.3. The molecule has 0 radical (unpaired) electrons. The van der Waals surface area contributed by atoms with Crippen LogP contribution in [0.2, 0.25) is 0 Å². The average molecular weight is 381 g/mol. The molecule has 2 heterocycles. The van der Waals surface area contributed by atoms with Crippen molar-refractivity contribution in [1.82, 2.24) is 4.31 Å². The summed E-state index contributed by atoms with van der Waals surface area (Å²) < 4.78 is 31.8. The molecule has 1 atom stereocenters. The summed E-state index contributed by atoms with van der Waals surface area (Å²) in [6.45, 7) is 1.43. The molecule has 0 spiro atoms. The van der Waals surface area contributed by atoms with Gasteiger partial charge >= 0.3 is 0 Å². The monoisotopic (exact) mass is 380 g/mol. The van der Waals surface area contributed by atoms with Gasteiger partial charge in [-0.1, -0.05) is 6.07 Å². The number of carbonyl (C=O) groups excluding carboxylic acids is 1. The lowest BCUT2D eigenvalue weighted by atomic mass is 10.00. The van der Waals surface area contributed by atoms with Crippen LogP contribution in [0.1, 0.15) is 44.1 Å². The molecular formula is C19H28N2O4S. The molecule has 0 bridgehead atoms. The van der Waals surface area contributed by atoms with Gasteiger partial charge in [0.2, 0.25) is 15.9 Å². The second-order valence-electron chi connectivity index (χ2n) is 7.25. The Kier molecular flexibility index (Phi) is 5.99. The molecule has 1 aromatic rings. The topological polar surface area (TPSA) is 66.9 Å². The number of aryl methyl sites for hydroxylation is 1. The molecule has 1 saturated heterocycles. The maximum absolute atomic E-state index is 12.8. The fourth-order valence-corrected chi connectivity index (χ4v) is 4.56. The van der Waals surface area contributed by atoms with Crippen molar-refractivity contribution in [3.8, 4) is 0 Å². The highest BCUT2D eigenvalue weighted by Gasteiger charge is 2.26. The van der Waals surface area contributed by atoms with E-state index in [9.17, 15) is 13.2 Å². The normalized spacial score (nSPS) is 20.9. The van der Waals surface area contributed by atoms with Gasteiger partial charge in [-0.2, -0.15) is 0 Å². The van der Waals surface area contributed by atoms with Crippen molar-refractivity contribution in [2.45, 2.75) is 55.9 Å². The molecule has 144 valence electrons. The van der Waals surface area contributed by atoms with Gasteiger partial charge in [0.1, 0.15) is 0 Å². The van der Waals surface area contributed by atoms with Gasteiger partial charge in [-0.05, 0) is 56.2 Å². The maximum atomic E-state index is 12.8. The number of ether oxygens (including phenoxy) is 1. The van der Waals surface area contributed by atoms with Crippen molar-refractivity contribution in [1.29, 1.82) is 0 Å². The largest absolute Gasteiger partial charge is 0.378 e. The number of anilines is 1. The maximum Gasteiger partial charge on any atom is 0.242 e. The Morgan fingerprint density at radius 2 is 2.08 bits per heavy atom. The third kappa shape index (κ3) is 4.10. The predicted octanol–water partition coefficient (Wildman–Crippen LogP) is 2.57. The van der Waals surface area contributed by atoms with Crippen molar-refractivity contribution in [3.63, 3.8) is 0 Å². The Hall–Kier alpha value is -1.44. The van der Waals surface area contributed by atoms with Crippen LogP contribution in [0.4, 0.5) is 5.69 Å². The minimum atomic E-state index is -3.51. The molecule has 3 rings (SSSR count). The Balaban J connectivity index is 1.77. The van der Waals surface area contributed by atoms with Crippen molar-refractivity contribution in [2.24, 2.45) is 0 Å². The van der Waals surface area contributed by atoms with Crippen molar-refractivity contribution in [3.05, 3.63) is 23.8 Å². The van der Waals surface area contributed by atoms with Gasteiger partial charge < -0.3 is 9.64 Å². The van der Waals surface area contributed by atoms with Crippen molar-refractivity contribution >= 4 is 21.6 Å². The van der Waals surface area contributed by atoms with Crippen molar-refractivity contribution < 1.29 is 17.9 Å². The lowest BCUT2D eigenvalue weighted by Gasteiger charge is -2.31. The molecular weight excluding hydrogens is 352 g/mol. The van der Waals surface area contributed by atoms with E-state index in [4.69, 9.17) is 4.74 Å². The van der Waals surface area contributed by atoms with E-state index in [-0.39, 0.29) is 16.9 Å². The van der Waals surface area contributed by atoms with Crippen LogP contribution >= 0.6 is 0 Å². The van der Waals surface area contributed by atoms with Gasteiger partial charge in [0.15, 0.2) is 0 Å². The molecule has 26 heavy (non-hydrogen) atoms. The summed E-state index contributed by atoms with van der Waals surface area (Å²) in [4.78, 5) is 14.8. The number of hydrogen-bond acceptors (Lipinski definition) is 4. The number of sulfonamides is 1. The summed E-state index contributed by atoms with van der Waals surface area (Å²) in [5.74, 6) is 0.0551. The lowest BCUT2D eigenvalue weighted by Crippen LogP contribution is -2.36. The minimum Gasteiger partial charge on any atom is -0.378 e. The molecule has 7 heteroatoms. The molecule has 1 unspecified atom stereocenters. The summed E-state index contributed by atoms with van der Waals surface area (Å²) in [5, 5.41) is 0. The molecule has 0 aliphatic carbocycles. The second kappa shape index (κ2) is 8.06. The van der Waals surface area contributed by atoms with Gasteiger partial charge in [-0.25, -0.2) is 12.7 Å². The highest BCUT2D eigenvalue weighted by atomic mass is 32.2. The number of hydrogen-bond donors (Lipinski definition) is 0. The standard InChI is InChI=1S/C19H28N2O4S/c1-20(2)26(23,24)17-10-8-15-6-5-12-21(18(15)14-17)19(22)11-9-16-7-3-4-13-25-16/h8,10,14,16H,3-7,9,11-13H2,1-2H3. The van der Waals surface area contributed by atoms with Crippen LogP contribution in [0.5, 0.6) is 0 Å². The van der Waals surface area contributed by atoms with Crippen LogP contribution in [-0.4, -0.2) is 52.0 Å². The zero-order valence-corrected chi connectivity index (χ0v) is 16.4. The fraction of sp³-hybridized carbons (Fsp3) is 0.632. The number of nitrogens with zero attached hydrogens (tertiary/aromatic N) is 2. The zero-order chi connectivity index (χ0) is 18.7. The van der Waals surface area contributed by atoms with E-state index in [0.29, 0.717) is 13.0 Å². The Morgan fingerprint density at radius 3 is 2.77 bits per heavy atom. The predicted molar refractivity (Wildman–Crippen MR) is 101 cm³/mol. The van der Waals surface area contributed by atoms with E-state index >= 15 is 0 Å². The van der Waals surface area contributed by atoms with Gasteiger partial charge in [0.05, 0.1) is 11.0 Å². The average Bonchev–Trinajstić information content (AvgIpc) is 2.65. The zero-order valence-electron chi connectivity index (χ0n) is 15.6. The van der Waals surface area contributed by atoms with Crippen LogP contribution in [0.25, 0.3) is 0 Å². The molecule has 2 aliphatic rings. The first-order valence-electron chi connectivity index (χ1n) is 9.37. The SMILES string of the molecule is CN(C)S(=O)(=O)c1ccc2c(c1)N(C(=O)CCC1CCCCO1)CCC2. The van der Waals surface area contributed by atoms with Crippen molar-refractivity contribution in [2.75, 3.05) is 32.1 Å². The summed E-state index contributed by atoms with van der Waals surface area (Å²) in [7, 11) is -0.482. The smallest absolute Gasteiger partial charge is 0.242 e. The number of benzene rings is 1. The Morgan fingerprint density at radius 1 is 1.27 bits per heavy atom. The van der Waals surface area contributed by atoms with E-state index in [1.165, 1.54) is 18.4 Å². The third-order valence-electron chi connectivity index (χ3n) is 5.21.